The third kappa shape index (κ3) is 4.37. The van der Waals surface area contributed by atoms with Gasteiger partial charge in [0, 0.05) is 24.5 Å². The van der Waals surface area contributed by atoms with Gasteiger partial charge in [-0.3, -0.25) is 14.6 Å². The molecule has 0 radical (unpaired) electrons. The zero-order chi connectivity index (χ0) is 24.2. The van der Waals surface area contributed by atoms with Gasteiger partial charge < -0.3 is 19.5 Å². The minimum atomic E-state index is -0.785. The average Bonchev–Trinajstić information content (AvgIpc) is 3.10. The highest BCUT2D eigenvalue weighted by Gasteiger charge is 2.46. The number of rotatable bonds is 7. The van der Waals surface area contributed by atoms with Crippen molar-refractivity contribution in [3.8, 4) is 11.5 Å². The van der Waals surface area contributed by atoms with Crippen molar-refractivity contribution in [3.05, 3.63) is 94.8 Å². The number of benzene rings is 2. The van der Waals surface area contributed by atoms with E-state index in [9.17, 15) is 14.7 Å². The second kappa shape index (κ2) is 9.79. The molecular formula is C27H26N2O5. The van der Waals surface area contributed by atoms with E-state index >= 15 is 0 Å². The number of amides is 1. The van der Waals surface area contributed by atoms with Crippen LogP contribution in [0.2, 0.25) is 0 Å². The van der Waals surface area contributed by atoms with Crippen LogP contribution in [0.25, 0.3) is 5.76 Å². The van der Waals surface area contributed by atoms with Crippen molar-refractivity contribution in [1.82, 2.24) is 9.88 Å². The molecule has 0 saturated carbocycles. The molecule has 1 aliphatic heterocycles. The number of hydrogen-bond donors (Lipinski definition) is 1. The van der Waals surface area contributed by atoms with Gasteiger partial charge in [0.1, 0.15) is 17.3 Å². The van der Waals surface area contributed by atoms with Crippen molar-refractivity contribution in [2.75, 3.05) is 13.7 Å². The fraction of sp³-hybridized carbons (Fsp3) is 0.222. The summed E-state index contributed by atoms with van der Waals surface area (Å²) < 4.78 is 10.9. The van der Waals surface area contributed by atoms with Gasteiger partial charge in [0.25, 0.3) is 11.7 Å². The van der Waals surface area contributed by atoms with E-state index in [1.165, 1.54) is 4.90 Å². The molecule has 1 fully saturated rings. The van der Waals surface area contributed by atoms with Crippen molar-refractivity contribution in [2.24, 2.45) is 0 Å². The number of aromatic nitrogens is 1. The van der Waals surface area contributed by atoms with Gasteiger partial charge in [0.05, 0.1) is 25.3 Å². The van der Waals surface area contributed by atoms with Crippen molar-refractivity contribution < 1.29 is 24.2 Å². The molecule has 1 saturated heterocycles. The van der Waals surface area contributed by atoms with Crippen molar-refractivity contribution in [1.29, 1.82) is 0 Å². The van der Waals surface area contributed by atoms with Gasteiger partial charge in [0.2, 0.25) is 0 Å². The molecule has 7 heteroatoms. The van der Waals surface area contributed by atoms with E-state index in [-0.39, 0.29) is 17.9 Å². The molecule has 2 aromatic carbocycles. The summed E-state index contributed by atoms with van der Waals surface area (Å²) >= 11 is 0. The number of methoxy groups -OCH3 is 1. The lowest BCUT2D eigenvalue weighted by Crippen LogP contribution is -2.29. The zero-order valence-electron chi connectivity index (χ0n) is 19.3. The first-order valence-corrected chi connectivity index (χ1v) is 11.0. The Hall–Kier alpha value is -4.13. The fourth-order valence-electron chi connectivity index (χ4n) is 4.16. The topological polar surface area (TPSA) is 89.0 Å². The fourth-order valence-corrected chi connectivity index (χ4v) is 4.16. The average molecular weight is 459 g/mol. The van der Waals surface area contributed by atoms with E-state index in [1.807, 2.05) is 38.1 Å². The smallest absolute Gasteiger partial charge is 0.295 e. The maximum Gasteiger partial charge on any atom is 0.295 e. The zero-order valence-corrected chi connectivity index (χ0v) is 19.3. The van der Waals surface area contributed by atoms with Crippen LogP contribution in [0, 0.1) is 6.92 Å². The van der Waals surface area contributed by atoms with Crippen LogP contribution in [0.1, 0.15) is 35.2 Å². The molecule has 1 aliphatic rings. The van der Waals surface area contributed by atoms with Crippen LogP contribution >= 0.6 is 0 Å². The van der Waals surface area contributed by atoms with Gasteiger partial charge in [-0.15, -0.1) is 0 Å². The Kier molecular flexibility index (Phi) is 6.63. The second-order valence-electron chi connectivity index (χ2n) is 7.98. The molecule has 2 heterocycles. The van der Waals surface area contributed by atoms with Crippen molar-refractivity contribution >= 4 is 17.4 Å². The summed E-state index contributed by atoms with van der Waals surface area (Å²) in [7, 11) is 1.57. The summed E-state index contributed by atoms with van der Waals surface area (Å²) in [4.78, 5) is 32.0. The summed E-state index contributed by atoms with van der Waals surface area (Å²) in [5.74, 6) is -0.300. The molecule has 0 bridgehead atoms. The number of aliphatic hydroxyl groups excluding tert-OH is 1. The third-order valence-electron chi connectivity index (χ3n) is 5.78. The molecule has 0 aliphatic carbocycles. The lowest BCUT2D eigenvalue weighted by Gasteiger charge is -2.25. The second-order valence-corrected chi connectivity index (χ2v) is 7.98. The number of Topliss-reactive ketones (excluding diaryl/α,β-unsaturated/α-hetero) is 1. The van der Waals surface area contributed by atoms with E-state index in [0.717, 1.165) is 11.1 Å². The van der Waals surface area contributed by atoms with Crippen LogP contribution in [0.5, 0.6) is 11.5 Å². The van der Waals surface area contributed by atoms with Crippen LogP contribution in [-0.2, 0) is 16.1 Å². The summed E-state index contributed by atoms with van der Waals surface area (Å²) in [5.41, 5.74) is 2.72. The molecule has 3 aromatic rings. The molecular weight excluding hydrogens is 432 g/mol. The van der Waals surface area contributed by atoms with Gasteiger partial charge in [-0.2, -0.15) is 0 Å². The number of carbonyl (C=O) groups is 2. The molecule has 7 nitrogen and oxygen atoms in total. The van der Waals surface area contributed by atoms with Crippen LogP contribution in [0.15, 0.2) is 72.6 Å². The molecule has 4 rings (SSSR count). The van der Waals surface area contributed by atoms with Gasteiger partial charge in [-0.05, 0) is 66.9 Å². The standard InChI is InChI=1S/C27H26N2O5/c1-4-34-22-11-10-19(13-17(22)2)25(30)23-24(20-8-6-12-28-15-20)29(27(32)26(23)31)16-18-7-5-9-21(14-18)33-3/h5-15,24,30H,4,16H2,1-3H3/b25-23-. The normalized spacial score (nSPS) is 17.1. The van der Waals surface area contributed by atoms with Gasteiger partial charge in [-0.25, -0.2) is 0 Å². The number of ether oxygens (including phenoxy) is 2. The molecule has 1 N–H and O–H groups in total. The molecule has 1 aromatic heterocycles. The number of hydrogen-bond acceptors (Lipinski definition) is 6. The number of pyridine rings is 1. The summed E-state index contributed by atoms with van der Waals surface area (Å²) in [5, 5.41) is 11.3. The van der Waals surface area contributed by atoms with Gasteiger partial charge in [0.15, 0.2) is 0 Å². The van der Waals surface area contributed by atoms with Crippen LogP contribution in [0.3, 0.4) is 0 Å². The van der Waals surface area contributed by atoms with E-state index in [2.05, 4.69) is 4.98 Å². The number of nitrogens with zero attached hydrogens (tertiary/aromatic N) is 2. The molecule has 174 valence electrons. The third-order valence-corrected chi connectivity index (χ3v) is 5.78. The van der Waals surface area contributed by atoms with E-state index in [1.54, 1.807) is 49.8 Å². The van der Waals surface area contributed by atoms with Gasteiger partial charge >= 0.3 is 0 Å². The van der Waals surface area contributed by atoms with E-state index in [0.29, 0.717) is 29.2 Å². The Labute approximate surface area is 198 Å². The van der Waals surface area contributed by atoms with Crippen LogP contribution < -0.4 is 9.47 Å². The summed E-state index contributed by atoms with van der Waals surface area (Å²) in [6, 6.07) is 15.2. The number of aliphatic hydroxyl groups is 1. The highest BCUT2D eigenvalue weighted by Crippen LogP contribution is 2.40. The summed E-state index contributed by atoms with van der Waals surface area (Å²) in [6.45, 7) is 4.44. The minimum Gasteiger partial charge on any atom is -0.507 e. The first kappa shape index (κ1) is 23.0. The summed E-state index contributed by atoms with van der Waals surface area (Å²) in [6.07, 6.45) is 3.22. The number of carbonyl (C=O) groups excluding carboxylic acids is 2. The van der Waals surface area contributed by atoms with Crippen molar-refractivity contribution in [3.63, 3.8) is 0 Å². The lowest BCUT2D eigenvalue weighted by molar-refractivity contribution is -0.140. The molecule has 0 spiro atoms. The predicted octanol–water partition coefficient (Wildman–Crippen LogP) is 4.42. The monoisotopic (exact) mass is 458 g/mol. The number of ketones is 1. The molecule has 1 amide bonds. The first-order valence-electron chi connectivity index (χ1n) is 11.0. The van der Waals surface area contributed by atoms with E-state index in [4.69, 9.17) is 9.47 Å². The van der Waals surface area contributed by atoms with Gasteiger partial charge in [-0.1, -0.05) is 18.2 Å². The highest BCUT2D eigenvalue weighted by molar-refractivity contribution is 6.46. The Bertz CT molecular complexity index is 1250. The van der Waals surface area contributed by atoms with Crippen molar-refractivity contribution in [2.45, 2.75) is 26.4 Å². The lowest BCUT2D eigenvalue weighted by atomic mass is 9.95. The largest absolute Gasteiger partial charge is 0.507 e. The van der Waals surface area contributed by atoms with E-state index < -0.39 is 17.7 Å². The number of likely N-dealkylation sites (tertiary alicyclic amines) is 1. The molecule has 1 atom stereocenters. The quantitative estimate of drug-likeness (QED) is 0.320. The maximum absolute atomic E-state index is 13.2. The Morgan fingerprint density at radius 1 is 1.12 bits per heavy atom. The SMILES string of the molecule is CCOc1ccc(/C(O)=C2/C(=O)C(=O)N(Cc3cccc(OC)c3)C2c2cccnc2)cc1C. The Balaban J connectivity index is 1.81. The first-order chi connectivity index (χ1) is 16.4. The van der Waals surface area contributed by atoms with Crippen LogP contribution in [0.4, 0.5) is 0 Å². The minimum absolute atomic E-state index is 0.0319. The predicted molar refractivity (Wildman–Crippen MR) is 127 cm³/mol. The Morgan fingerprint density at radius 3 is 2.62 bits per heavy atom. The van der Waals surface area contributed by atoms with Crippen LogP contribution in [-0.4, -0.2) is 40.4 Å². The Morgan fingerprint density at radius 2 is 1.94 bits per heavy atom. The number of aryl methyl sites for hydroxylation is 1. The molecule has 34 heavy (non-hydrogen) atoms. The molecule has 1 unspecified atom stereocenters. The highest BCUT2D eigenvalue weighted by atomic mass is 16.5. The maximum atomic E-state index is 13.2.